The number of nitrogens with zero attached hydrogens (tertiary/aromatic N) is 2. The normalized spacial score (nSPS) is 22.0. The number of benzene rings is 1. The molecule has 1 aromatic heterocycles. The van der Waals surface area contributed by atoms with E-state index in [-0.39, 0.29) is 29.2 Å². The second-order valence-electron chi connectivity index (χ2n) is 7.78. The van der Waals surface area contributed by atoms with E-state index in [1.54, 1.807) is 15.7 Å². The van der Waals surface area contributed by atoms with Crippen molar-refractivity contribution in [3.05, 3.63) is 63.1 Å². The molecule has 2 aliphatic rings. The van der Waals surface area contributed by atoms with Crippen LogP contribution in [0, 0.1) is 6.92 Å². The van der Waals surface area contributed by atoms with Gasteiger partial charge in [-0.1, -0.05) is 12.1 Å². The number of ether oxygens (including phenoxy) is 1. The molecule has 0 unspecified atom stereocenters. The average Bonchev–Trinajstić information content (AvgIpc) is 3.10. The highest BCUT2D eigenvalue weighted by atomic mass is 16.5. The van der Waals surface area contributed by atoms with E-state index in [9.17, 15) is 9.59 Å². The minimum absolute atomic E-state index is 0.0265. The molecule has 0 spiro atoms. The zero-order valence-corrected chi connectivity index (χ0v) is 16.2. The summed E-state index contributed by atoms with van der Waals surface area (Å²) < 4.78 is 7.38. The quantitative estimate of drug-likeness (QED) is 0.821. The highest BCUT2D eigenvalue weighted by Crippen LogP contribution is 2.27. The lowest BCUT2D eigenvalue weighted by Crippen LogP contribution is -2.49. The molecule has 1 fully saturated rings. The van der Waals surface area contributed by atoms with Crippen LogP contribution in [0.25, 0.3) is 5.69 Å². The van der Waals surface area contributed by atoms with Crippen molar-refractivity contribution in [1.29, 1.82) is 0 Å². The van der Waals surface area contributed by atoms with Gasteiger partial charge in [-0.15, -0.1) is 0 Å². The molecule has 5 nitrogen and oxygen atoms in total. The summed E-state index contributed by atoms with van der Waals surface area (Å²) in [6, 6.07) is 7.98. The van der Waals surface area contributed by atoms with E-state index in [2.05, 4.69) is 6.07 Å². The van der Waals surface area contributed by atoms with E-state index in [1.807, 2.05) is 39.0 Å². The fraction of sp³-hybridized carbons (Fsp3) is 0.455. The van der Waals surface area contributed by atoms with Crippen LogP contribution in [-0.2, 0) is 17.6 Å². The van der Waals surface area contributed by atoms with E-state index in [4.69, 9.17) is 4.74 Å². The second-order valence-corrected chi connectivity index (χ2v) is 7.78. The third kappa shape index (κ3) is 3.21. The Morgan fingerprint density at radius 2 is 1.85 bits per heavy atom. The molecular formula is C22H26N2O3. The van der Waals surface area contributed by atoms with Gasteiger partial charge in [-0.2, -0.15) is 0 Å². The van der Waals surface area contributed by atoms with Crippen molar-refractivity contribution in [3.63, 3.8) is 0 Å². The third-order valence-electron chi connectivity index (χ3n) is 5.60. The van der Waals surface area contributed by atoms with Crippen LogP contribution in [0.4, 0.5) is 0 Å². The van der Waals surface area contributed by atoms with Crippen molar-refractivity contribution in [3.8, 4) is 5.69 Å². The van der Waals surface area contributed by atoms with Crippen molar-refractivity contribution in [1.82, 2.24) is 9.47 Å². The minimum atomic E-state index is -0.230. The number of carbonyl (C=O) groups is 1. The largest absolute Gasteiger partial charge is 0.372 e. The van der Waals surface area contributed by atoms with Gasteiger partial charge in [0.15, 0.2) is 0 Å². The zero-order chi connectivity index (χ0) is 19.1. The van der Waals surface area contributed by atoms with Gasteiger partial charge in [-0.05, 0) is 68.9 Å². The molecule has 1 aliphatic carbocycles. The average molecular weight is 366 g/mol. The first-order valence-electron chi connectivity index (χ1n) is 9.74. The highest BCUT2D eigenvalue weighted by molar-refractivity contribution is 5.95. The van der Waals surface area contributed by atoms with Gasteiger partial charge < -0.3 is 9.64 Å². The van der Waals surface area contributed by atoms with Gasteiger partial charge in [-0.25, -0.2) is 0 Å². The number of morpholine rings is 1. The van der Waals surface area contributed by atoms with Crippen LogP contribution in [0.15, 0.2) is 35.3 Å². The maximum absolute atomic E-state index is 13.3. The Labute approximate surface area is 159 Å². The Balaban J connectivity index is 1.77. The third-order valence-corrected chi connectivity index (χ3v) is 5.60. The molecule has 142 valence electrons. The van der Waals surface area contributed by atoms with Crippen molar-refractivity contribution in [2.75, 3.05) is 13.1 Å². The first-order chi connectivity index (χ1) is 13.0. The molecule has 2 heterocycles. The van der Waals surface area contributed by atoms with Gasteiger partial charge in [0.1, 0.15) is 5.56 Å². The fourth-order valence-corrected chi connectivity index (χ4v) is 4.40. The summed E-state index contributed by atoms with van der Waals surface area (Å²) in [5, 5.41) is 0. The Morgan fingerprint density at radius 1 is 1.11 bits per heavy atom. The molecule has 27 heavy (non-hydrogen) atoms. The molecule has 1 aliphatic heterocycles. The molecule has 5 heteroatoms. The van der Waals surface area contributed by atoms with Crippen LogP contribution in [-0.4, -0.2) is 40.7 Å². The Kier molecular flexibility index (Phi) is 4.64. The first kappa shape index (κ1) is 18.0. The maximum atomic E-state index is 13.3. The summed E-state index contributed by atoms with van der Waals surface area (Å²) in [5.41, 5.74) is 4.22. The van der Waals surface area contributed by atoms with E-state index < -0.39 is 0 Å². The number of amides is 1. The summed E-state index contributed by atoms with van der Waals surface area (Å²) in [6.45, 7) is 6.77. The van der Waals surface area contributed by atoms with Gasteiger partial charge in [-0.3, -0.25) is 14.2 Å². The molecule has 1 amide bonds. The van der Waals surface area contributed by atoms with Crippen LogP contribution >= 0.6 is 0 Å². The van der Waals surface area contributed by atoms with Gasteiger partial charge >= 0.3 is 0 Å². The van der Waals surface area contributed by atoms with Crippen molar-refractivity contribution < 1.29 is 9.53 Å². The molecule has 0 saturated carbocycles. The number of hydrogen-bond donors (Lipinski definition) is 0. The molecule has 2 aromatic rings. The zero-order valence-electron chi connectivity index (χ0n) is 16.2. The topological polar surface area (TPSA) is 51.5 Å². The Hall–Kier alpha value is -2.40. The fourth-order valence-electron chi connectivity index (χ4n) is 4.40. The van der Waals surface area contributed by atoms with E-state index in [1.165, 1.54) is 11.1 Å². The summed E-state index contributed by atoms with van der Waals surface area (Å²) in [5.74, 6) is -0.193. The van der Waals surface area contributed by atoms with E-state index >= 15 is 0 Å². The summed E-state index contributed by atoms with van der Waals surface area (Å²) in [4.78, 5) is 28.3. The second kappa shape index (κ2) is 6.97. The predicted molar refractivity (Wildman–Crippen MR) is 105 cm³/mol. The lowest BCUT2D eigenvalue weighted by atomic mass is 10.1. The molecule has 0 bridgehead atoms. The summed E-state index contributed by atoms with van der Waals surface area (Å²) >= 11 is 0. The van der Waals surface area contributed by atoms with Gasteiger partial charge in [0, 0.05) is 19.3 Å². The Morgan fingerprint density at radius 3 is 2.59 bits per heavy atom. The van der Waals surface area contributed by atoms with E-state index in [0.717, 1.165) is 30.5 Å². The molecule has 1 saturated heterocycles. The van der Waals surface area contributed by atoms with Crippen LogP contribution in [0.3, 0.4) is 0 Å². The number of fused-ring (bicyclic) bond motifs is 1. The molecule has 2 atom stereocenters. The molecule has 0 N–H and O–H groups in total. The number of pyridine rings is 1. The van der Waals surface area contributed by atoms with E-state index in [0.29, 0.717) is 13.1 Å². The monoisotopic (exact) mass is 366 g/mol. The van der Waals surface area contributed by atoms with Gasteiger partial charge in [0.25, 0.3) is 11.5 Å². The first-order valence-corrected chi connectivity index (χ1v) is 9.74. The number of aromatic nitrogens is 1. The number of aryl methyl sites for hydroxylation is 2. The highest BCUT2D eigenvalue weighted by Gasteiger charge is 2.29. The predicted octanol–water partition coefficient (Wildman–Crippen LogP) is 2.88. The molecule has 1 aromatic carbocycles. The standard InChI is InChI=1S/C22H26N2O3/c1-14-10-11-24(19-9-5-7-17-6-4-8-18(17)19)22(26)20(14)21(25)23-12-15(2)27-16(3)13-23/h5,7,9-11,15-16H,4,6,8,12-13H2,1-3H3/t15-,16+. The number of rotatable bonds is 2. The van der Waals surface area contributed by atoms with Crippen molar-refractivity contribution in [2.24, 2.45) is 0 Å². The number of carbonyl (C=O) groups excluding carboxylic acids is 1. The summed E-state index contributed by atoms with van der Waals surface area (Å²) in [6.07, 6.45) is 4.89. The van der Waals surface area contributed by atoms with Crippen LogP contribution in [0.1, 0.15) is 47.3 Å². The van der Waals surface area contributed by atoms with Crippen LogP contribution in [0.2, 0.25) is 0 Å². The minimum Gasteiger partial charge on any atom is -0.372 e. The maximum Gasteiger partial charge on any atom is 0.268 e. The van der Waals surface area contributed by atoms with Crippen molar-refractivity contribution in [2.45, 2.75) is 52.2 Å². The number of hydrogen-bond acceptors (Lipinski definition) is 3. The van der Waals surface area contributed by atoms with Gasteiger partial charge in [0.05, 0.1) is 17.9 Å². The van der Waals surface area contributed by atoms with Crippen LogP contribution < -0.4 is 5.56 Å². The lowest BCUT2D eigenvalue weighted by molar-refractivity contribution is -0.0586. The molecule has 4 rings (SSSR count). The lowest BCUT2D eigenvalue weighted by Gasteiger charge is -2.35. The summed E-state index contributed by atoms with van der Waals surface area (Å²) in [7, 11) is 0. The molecule has 0 radical (unpaired) electrons. The SMILES string of the molecule is Cc1ccn(-c2cccc3c2CCC3)c(=O)c1C(=O)N1C[C@@H](C)O[C@@H](C)C1. The smallest absolute Gasteiger partial charge is 0.268 e. The van der Waals surface area contributed by atoms with Gasteiger partial charge in [0.2, 0.25) is 0 Å². The van der Waals surface area contributed by atoms with Crippen LogP contribution in [0.5, 0.6) is 0 Å². The Bertz CT molecular complexity index is 937. The van der Waals surface area contributed by atoms with Crippen molar-refractivity contribution >= 4 is 5.91 Å². The molecular weight excluding hydrogens is 340 g/mol.